The van der Waals surface area contributed by atoms with Gasteiger partial charge in [0.05, 0.1) is 14.1 Å². The van der Waals surface area contributed by atoms with E-state index in [1.165, 1.54) is 11.3 Å². The fraction of sp³-hybridized carbons (Fsp3) is 0.583. The van der Waals surface area contributed by atoms with E-state index in [1.807, 2.05) is 13.1 Å². The second-order valence-electron chi connectivity index (χ2n) is 4.58. The number of hydrogen-bond donors (Lipinski definition) is 0. The van der Waals surface area contributed by atoms with Crippen molar-refractivity contribution in [1.29, 1.82) is 0 Å². The number of ketones is 1. The van der Waals surface area contributed by atoms with Gasteiger partial charge in [-0.05, 0) is 63.9 Å². The highest BCUT2D eigenvalue weighted by atomic mass is 79.9. The highest BCUT2D eigenvalue weighted by molar-refractivity contribution is 9.12. The normalized spacial score (nSPS) is 11.5. The summed E-state index contributed by atoms with van der Waals surface area (Å²) in [6.07, 6.45) is 1.12. The Kier molecular flexibility index (Phi) is 6.34. The first-order valence-electron chi connectivity index (χ1n) is 5.56. The zero-order chi connectivity index (χ0) is 13.0. The molecule has 0 N–H and O–H groups in total. The summed E-state index contributed by atoms with van der Waals surface area (Å²) in [6.45, 7) is 5.84. The van der Waals surface area contributed by atoms with E-state index >= 15 is 0 Å². The Balaban J connectivity index is 2.51. The van der Waals surface area contributed by atoms with Crippen LogP contribution in [0.2, 0.25) is 0 Å². The lowest BCUT2D eigenvalue weighted by Crippen LogP contribution is -2.27. The molecule has 1 rings (SSSR count). The second-order valence-corrected chi connectivity index (χ2v) is 8.33. The number of likely N-dealkylation sites (N-methyl/N-ethyl adjacent to an activating group) is 1. The van der Waals surface area contributed by atoms with Crippen molar-refractivity contribution in [2.45, 2.75) is 20.3 Å². The van der Waals surface area contributed by atoms with E-state index in [0.29, 0.717) is 12.5 Å². The lowest BCUT2D eigenvalue weighted by atomic mass is 10.1. The van der Waals surface area contributed by atoms with E-state index in [4.69, 9.17) is 0 Å². The van der Waals surface area contributed by atoms with Crippen molar-refractivity contribution >= 4 is 49.0 Å². The van der Waals surface area contributed by atoms with Crippen LogP contribution in [-0.2, 0) is 0 Å². The Morgan fingerprint density at radius 3 is 2.59 bits per heavy atom. The predicted molar refractivity (Wildman–Crippen MR) is 81.0 cm³/mol. The van der Waals surface area contributed by atoms with Gasteiger partial charge in [-0.15, -0.1) is 11.3 Å². The molecule has 96 valence electrons. The third-order valence-corrected chi connectivity index (χ3v) is 4.80. The summed E-state index contributed by atoms with van der Waals surface area (Å²) in [5.41, 5.74) is 0.776. The number of thiophene rings is 1. The number of carbonyl (C=O) groups is 1. The molecule has 0 spiro atoms. The first-order valence-corrected chi connectivity index (χ1v) is 7.97. The van der Waals surface area contributed by atoms with Crippen LogP contribution in [0, 0.1) is 5.92 Å². The molecule has 0 radical (unpaired) electrons. The van der Waals surface area contributed by atoms with Crippen LogP contribution in [0.1, 0.15) is 30.6 Å². The fourth-order valence-corrected chi connectivity index (χ4v) is 4.27. The summed E-state index contributed by atoms with van der Waals surface area (Å²) in [6, 6.07) is 1.88. The van der Waals surface area contributed by atoms with Crippen LogP contribution in [0.25, 0.3) is 0 Å². The summed E-state index contributed by atoms with van der Waals surface area (Å²) in [4.78, 5) is 14.1. The van der Waals surface area contributed by atoms with E-state index in [1.54, 1.807) is 0 Å². The van der Waals surface area contributed by atoms with E-state index < -0.39 is 0 Å². The molecule has 0 saturated carbocycles. The largest absolute Gasteiger partial charge is 0.299 e. The molecule has 5 heteroatoms. The Labute approximate surface area is 124 Å². The third-order valence-electron chi connectivity index (χ3n) is 2.46. The highest BCUT2D eigenvalue weighted by Gasteiger charge is 2.15. The molecule has 0 aromatic carbocycles. The van der Waals surface area contributed by atoms with Gasteiger partial charge in [-0.1, -0.05) is 13.8 Å². The maximum Gasteiger partial charge on any atom is 0.178 e. The number of hydrogen-bond acceptors (Lipinski definition) is 3. The lowest BCUT2D eigenvalue weighted by Gasteiger charge is -2.16. The topological polar surface area (TPSA) is 20.3 Å². The van der Waals surface area contributed by atoms with Crippen LogP contribution in [0.5, 0.6) is 0 Å². The summed E-state index contributed by atoms with van der Waals surface area (Å²) in [5.74, 6) is 0.847. The van der Waals surface area contributed by atoms with Gasteiger partial charge in [0.1, 0.15) is 0 Å². The van der Waals surface area contributed by atoms with Crippen molar-refractivity contribution in [3.63, 3.8) is 0 Å². The van der Waals surface area contributed by atoms with Crippen molar-refractivity contribution in [2.24, 2.45) is 5.92 Å². The number of halogens is 2. The molecular weight excluding hydrogens is 366 g/mol. The molecule has 17 heavy (non-hydrogen) atoms. The minimum atomic E-state index is 0.171. The Hall–Kier alpha value is 0.290. The smallest absolute Gasteiger partial charge is 0.178 e. The molecule has 0 fully saturated rings. The molecule has 0 aliphatic heterocycles. The van der Waals surface area contributed by atoms with Gasteiger partial charge in [0.15, 0.2) is 5.78 Å². The Morgan fingerprint density at radius 1 is 1.47 bits per heavy atom. The molecule has 0 atom stereocenters. The number of nitrogens with zero attached hydrogens (tertiary/aromatic N) is 1. The standard InChI is InChI=1S/C12H17Br2NOS/c1-8(2)4-5-15(3)7-10(16)9-6-11(13)17-12(9)14/h6,8H,4-5,7H2,1-3H3. The number of rotatable bonds is 6. The van der Waals surface area contributed by atoms with E-state index in [-0.39, 0.29) is 5.78 Å². The molecule has 2 nitrogen and oxygen atoms in total. The van der Waals surface area contributed by atoms with Crippen LogP contribution in [-0.4, -0.2) is 30.8 Å². The van der Waals surface area contributed by atoms with Crippen LogP contribution in [0.4, 0.5) is 0 Å². The highest BCUT2D eigenvalue weighted by Crippen LogP contribution is 2.32. The maximum atomic E-state index is 12.0. The SMILES string of the molecule is CC(C)CCN(C)CC(=O)c1cc(Br)sc1Br. The van der Waals surface area contributed by atoms with Gasteiger partial charge in [-0.2, -0.15) is 0 Å². The molecule has 0 amide bonds. The lowest BCUT2D eigenvalue weighted by molar-refractivity contribution is 0.0943. The van der Waals surface area contributed by atoms with Crippen molar-refractivity contribution in [1.82, 2.24) is 4.90 Å². The van der Waals surface area contributed by atoms with Gasteiger partial charge in [0.2, 0.25) is 0 Å². The van der Waals surface area contributed by atoms with Gasteiger partial charge >= 0.3 is 0 Å². The van der Waals surface area contributed by atoms with Gasteiger partial charge in [-0.25, -0.2) is 0 Å². The molecule has 0 aliphatic carbocycles. The van der Waals surface area contributed by atoms with Gasteiger partial charge < -0.3 is 0 Å². The molecule has 0 unspecified atom stereocenters. The van der Waals surface area contributed by atoms with Crippen molar-refractivity contribution < 1.29 is 4.79 Å². The molecule has 0 aliphatic rings. The van der Waals surface area contributed by atoms with Crippen molar-refractivity contribution in [3.05, 3.63) is 19.2 Å². The molecular formula is C12H17Br2NOS. The zero-order valence-corrected chi connectivity index (χ0v) is 14.3. The van der Waals surface area contributed by atoms with Gasteiger partial charge in [-0.3, -0.25) is 9.69 Å². The average Bonchev–Trinajstić information content (AvgIpc) is 2.55. The van der Waals surface area contributed by atoms with Crippen LogP contribution in [0.3, 0.4) is 0 Å². The third kappa shape index (κ3) is 5.20. The fourth-order valence-electron chi connectivity index (χ4n) is 1.42. The van der Waals surface area contributed by atoms with Crippen molar-refractivity contribution in [3.8, 4) is 0 Å². The van der Waals surface area contributed by atoms with Gasteiger partial charge in [0, 0.05) is 5.56 Å². The summed E-state index contributed by atoms with van der Waals surface area (Å²) >= 11 is 8.35. The first-order chi connectivity index (χ1) is 7.90. The zero-order valence-electron chi connectivity index (χ0n) is 10.3. The number of carbonyl (C=O) groups excluding carboxylic acids is 1. The monoisotopic (exact) mass is 381 g/mol. The molecule has 0 bridgehead atoms. The quantitative estimate of drug-likeness (QED) is 0.678. The van der Waals surface area contributed by atoms with Crippen LogP contribution >= 0.6 is 43.2 Å². The van der Waals surface area contributed by atoms with Crippen molar-refractivity contribution in [2.75, 3.05) is 20.1 Å². The number of Topliss-reactive ketones (excluding diaryl/α,β-unsaturated/α-hetero) is 1. The van der Waals surface area contributed by atoms with Gasteiger partial charge in [0.25, 0.3) is 0 Å². The molecule has 1 aromatic heterocycles. The average molecular weight is 383 g/mol. The Bertz CT molecular complexity index is 390. The van der Waals surface area contributed by atoms with E-state index in [9.17, 15) is 4.79 Å². The molecule has 1 heterocycles. The first kappa shape index (κ1) is 15.3. The molecule has 0 saturated heterocycles. The van der Waals surface area contributed by atoms with E-state index in [2.05, 4.69) is 50.6 Å². The summed E-state index contributed by atoms with van der Waals surface area (Å²) in [5, 5.41) is 0. The van der Waals surface area contributed by atoms with Crippen LogP contribution in [0.15, 0.2) is 13.6 Å². The summed E-state index contributed by atoms with van der Waals surface area (Å²) in [7, 11) is 2.00. The predicted octanol–water partition coefficient (Wildman–Crippen LogP) is 4.43. The van der Waals surface area contributed by atoms with E-state index in [0.717, 1.165) is 26.1 Å². The Morgan fingerprint density at radius 2 is 2.12 bits per heavy atom. The maximum absolute atomic E-state index is 12.0. The van der Waals surface area contributed by atoms with Crippen LogP contribution < -0.4 is 0 Å². The minimum Gasteiger partial charge on any atom is -0.299 e. The second kappa shape index (κ2) is 7.02. The molecule has 1 aromatic rings. The summed E-state index contributed by atoms with van der Waals surface area (Å²) < 4.78 is 1.89. The minimum absolute atomic E-state index is 0.171.